The van der Waals surface area contributed by atoms with Crippen LogP contribution in [-0.4, -0.2) is 49.2 Å². The van der Waals surface area contributed by atoms with Crippen LogP contribution in [0.2, 0.25) is 0 Å². The van der Waals surface area contributed by atoms with Gasteiger partial charge in [0.25, 0.3) is 0 Å². The molecule has 2 heterocycles. The normalized spacial score (nSPS) is 15.2. The number of rotatable bonds is 8. The van der Waals surface area contributed by atoms with Crippen molar-refractivity contribution in [3.8, 4) is 17.0 Å². The smallest absolute Gasteiger partial charge is 0.243 e. The molecule has 0 unspecified atom stereocenters. The predicted octanol–water partition coefficient (Wildman–Crippen LogP) is 4.59. The molecule has 3 aromatic rings. The molecule has 10 heteroatoms. The second kappa shape index (κ2) is 12.1. The minimum Gasteiger partial charge on any atom is -0.494 e. The van der Waals surface area contributed by atoms with Gasteiger partial charge >= 0.3 is 0 Å². The number of piperidine rings is 1. The first-order chi connectivity index (χ1) is 16.0. The number of benzene rings is 2. The number of ether oxygens (including phenoxy) is 1. The molecule has 0 amide bonds. The van der Waals surface area contributed by atoms with Gasteiger partial charge in [-0.05, 0) is 49.1 Å². The highest BCUT2D eigenvalue weighted by Gasteiger charge is 2.25. The number of aromatic nitrogens is 1. The number of aliphatic hydroxyl groups excluding tert-OH is 1. The zero-order valence-corrected chi connectivity index (χ0v) is 22.4. The number of hydrogen-bond donors (Lipinski definition) is 1. The molecule has 4 rings (SSSR count). The Balaban J connectivity index is 0.00000324. The summed E-state index contributed by atoms with van der Waals surface area (Å²) in [6.07, 6.45) is 3.49. The lowest BCUT2D eigenvalue weighted by atomic mass is 10.2. The van der Waals surface area contributed by atoms with Crippen molar-refractivity contribution in [1.29, 1.82) is 0 Å². The highest BCUT2D eigenvalue weighted by molar-refractivity contribution is 8.93. The summed E-state index contributed by atoms with van der Waals surface area (Å²) in [6.45, 7) is 1.84. The van der Waals surface area contributed by atoms with Crippen LogP contribution < -0.4 is 9.54 Å². The lowest BCUT2D eigenvalue weighted by Gasteiger charge is -2.25. The fourth-order valence-corrected chi connectivity index (χ4v) is 6.44. The number of sulfonamides is 1. The zero-order valence-electron chi connectivity index (χ0n) is 19.1. The van der Waals surface area contributed by atoms with Crippen LogP contribution in [0.4, 0.5) is 5.69 Å². The van der Waals surface area contributed by atoms with Crippen LogP contribution in [-0.2, 0) is 16.6 Å². The number of methoxy groups -OCH3 is 1. The van der Waals surface area contributed by atoms with Crippen LogP contribution >= 0.6 is 28.3 Å². The SMILES string of the molecule is Br.COc1ccccc1N=c1scc(-c2ccc(S(=O)(=O)N3CCCCC3)cc2)n1CCCO. The van der Waals surface area contributed by atoms with Gasteiger partial charge in [0, 0.05) is 31.6 Å². The molecule has 184 valence electrons. The summed E-state index contributed by atoms with van der Waals surface area (Å²) in [6, 6.07) is 14.6. The van der Waals surface area contributed by atoms with E-state index in [4.69, 9.17) is 9.73 Å². The van der Waals surface area contributed by atoms with E-state index in [1.807, 2.05) is 41.8 Å². The number of para-hydroxylation sites is 2. The Bertz CT molecular complexity index is 1250. The molecule has 2 aromatic carbocycles. The van der Waals surface area contributed by atoms with Crippen LogP contribution in [0.25, 0.3) is 11.3 Å². The Morgan fingerprint density at radius 2 is 1.76 bits per heavy atom. The Morgan fingerprint density at radius 3 is 2.44 bits per heavy atom. The summed E-state index contributed by atoms with van der Waals surface area (Å²) in [5.41, 5.74) is 2.57. The number of hydrogen-bond acceptors (Lipinski definition) is 6. The Kier molecular flexibility index (Phi) is 9.49. The lowest BCUT2D eigenvalue weighted by Crippen LogP contribution is -2.35. The maximum Gasteiger partial charge on any atom is 0.243 e. The van der Waals surface area contributed by atoms with Gasteiger partial charge in [-0.25, -0.2) is 13.4 Å². The van der Waals surface area contributed by atoms with Gasteiger partial charge in [0.2, 0.25) is 10.0 Å². The van der Waals surface area contributed by atoms with Crippen LogP contribution in [0.5, 0.6) is 5.75 Å². The van der Waals surface area contributed by atoms with Crippen molar-refractivity contribution >= 4 is 44.0 Å². The van der Waals surface area contributed by atoms with Crippen molar-refractivity contribution in [3.05, 3.63) is 58.7 Å². The van der Waals surface area contributed by atoms with Crippen LogP contribution in [0.1, 0.15) is 25.7 Å². The molecule has 0 radical (unpaired) electrons. The van der Waals surface area contributed by atoms with Crippen LogP contribution in [0.15, 0.2) is 63.8 Å². The molecule has 0 aliphatic carbocycles. The van der Waals surface area contributed by atoms with Gasteiger partial charge < -0.3 is 14.4 Å². The first-order valence-corrected chi connectivity index (χ1v) is 13.4. The van der Waals surface area contributed by atoms with Gasteiger partial charge in [-0.3, -0.25) is 0 Å². The average molecular weight is 569 g/mol. The molecule has 1 aliphatic heterocycles. The summed E-state index contributed by atoms with van der Waals surface area (Å²) in [4.78, 5) is 5.91. The van der Waals surface area contributed by atoms with Crippen LogP contribution in [0, 0.1) is 0 Å². The van der Waals surface area contributed by atoms with E-state index in [2.05, 4.69) is 4.57 Å². The molecular weight excluding hydrogens is 538 g/mol. The van der Waals surface area contributed by atoms with Gasteiger partial charge in [-0.15, -0.1) is 28.3 Å². The third-order valence-corrected chi connectivity index (χ3v) is 8.52. The quantitative estimate of drug-likeness (QED) is 0.431. The maximum atomic E-state index is 13.0. The van der Waals surface area contributed by atoms with Crippen molar-refractivity contribution in [2.24, 2.45) is 4.99 Å². The number of nitrogens with zero attached hydrogens (tertiary/aromatic N) is 3. The molecule has 1 fully saturated rings. The first-order valence-electron chi connectivity index (χ1n) is 11.1. The van der Waals surface area contributed by atoms with E-state index >= 15 is 0 Å². The van der Waals surface area contributed by atoms with E-state index in [-0.39, 0.29) is 23.6 Å². The Hall–Kier alpha value is -1.98. The van der Waals surface area contributed by atoms with E-state index in [0.29, 0.717) is 36.7 Å². The zero-order chi connectivity index (χ0) is 23.3. The molecule has 0 spiro atoms. The van der Waals surface area contributed by atoms with Crippen LogP contribution in [0.3, 0.4) is 0 Å². The molecule has 34 heavy (non-hydrogen) atoms. The predicted molar refractivity (Wildman–Crippen MR) is 141 cm³/mol. The van der Waals surface area contributed by atoms with E-state index in [1.165, 1.54) is 11.3 Å². The van der Waals surface area contributed by atoms with Crippen molar-refractivity contribution < 1.29 is 18.3 Å². The summed E-state index contributed by atoms with van der Waals surface area (Å²) >= 11 is 1.50. The van der Waals surface area contributed by atoms with Crippen molar-refractivity contribution in [2.75, 3.05) is 26.8 Å². The van der Waals surface area contributed by atoms with Gasteiger partial charge in [-0.2, -0.15) is 4.31 Å². The maximum absolute atomic E-state index is 13.0. The minimum absolute atomic E-state index is 0. The molecule has 0 saturated carbocycles. The lowest BCUT2D eigenvalue weighted by molar-refractivity contribution is 0.279. The van der Waals surface area contributed by atoms with Crippen molar-refractivity contribution in [2.45, 2.75) is 37.1 Å². The molecule has 1 aliphatic rings. The molecule has 1 N–H and O–H groups in total. The summed E-state index contributed by atoms with van der Waals surface area (Å²) in [5, 5.41) is 11.4. The second-order valence-electron chi connectivity index (χ2n) is 7.91. The Morgan fingerprint density at radius 1 is 1.06 bits per heavy atom. The molecule has 7 nitrogen and oxygen atoms in total. The second-order valence-corrected chi connectivity index (χ2v) is 10.7. The fraction of sp³-hybridized carbons (Fsp3) is 0.375. The molecule has 1 saturated heterocycles. The third kappa shape index (κ3) is 5.80. The van der Waals surface area contributed by atoms with Gasteiger partial charge in [0.15, 0.2) is 4.80 Å². The topological polar surface area (TPSA) is 84.1 Å². The average Bonchev–Trinajstić information content (AvgIpc) is 3.25. The van der Waals surface area contributed by atoms with Gasteiger partial charge in [0.05, 0.1) is 17.7 Å². The van der Waals surface area contributed by atoms with E-state index in [0.717, 1.165) is 41.0 Å². The molecule has 0 bridgehead atoms. The highest BCUT2D eigenvalue weighted by atomic mass is 79.9. The van der Waals surface area contributed by atoms with Crippen molar-refractivity contribution in [1.82, 2.24) is 8.87 Å². The minimum atomic E-state index is -3.46. The van der Waals surface area contributed by atoms with Gasteiger partial charge in [0.1, 0.15) is 11.4 Å². The standard InChI is InChI=1S/C24H29N3O4S2.BrH/c1-31-23-9-4-3-8-21(23)25-24-27(16-7-17-28)22(18-32-24)19-10-12-20(13-11-19)33(29,30)26-14-5-2-6-15-26;/h3-4,8-13,18,28H,2,5-7,14-17H2,1H3;1H. The largest absolute Gasteiger partial charge is 0.494 e. The Labute approximate surface area is 215 Å². The number of thiazole rings is 1. The number of halogens is 1. The first kappa shape index (κ1) is 26.6. The number of aliphatic hydroxyl groups is 1. The summed E-state index contributed by atoms with van der Waals surface area (Å²) in [5.74, 6) is 0.688. The third-order valence-electron chi connectivity index (χ3n) is 5.74. The van der Waals surface area contributed by atoms with Gasteiger partial charge in [-0.1, -0.05) is 30.7 Å². The molecule has 0 atom stereocenters. The highest BCUT2D eigenvalue weighted by Crippen LogP contribution is 2.28. The summed E-state index contributed by atoms with van der Waals surface area (Å²) < 4.78 is 35.0. The molecular formula is C24H30BrN3O4S2. The van der Waals surface area contributed by atoms with E-state index in [9.17, 15) is 13.5 Å². The van der Waals surface area contributed by atoms with E-state index < -0.39 is 10.0 Å². The fourth-order valence-electron chi connectivity index (χ4n) is 3.97. The summed E-state index contributed by atoms with van der Waals surface area (Å²) in [7, 11) is -1.85. The van der Waals surface area contributed by atoms with Crippen molar-refractivity contribution in [3.63, 3.8) is 0 Å². The monoisotopic (exact) mass is 567 g/mol. The van der Waals surface area contributed by atoms with E-state index in [1.54, 1.807) is 23.5 Å². The molecule has 1 aromatic heterocycles.